The Labute approximate surface area is 119 Å². The average Bonchev–Trinajstić information content (AvgIpc) is 2.73. The zero-order chi connectivity index (χ0) is 13.6. The molecule has 0 saturated heterocycles. The van der Waals surface area contributed by atoms with Gasteiger partial charge in [0.25, 0.3) is 0 Å². The lowest BCUT2D eigenvalue weighted by Crippen LogP contribution is -2.29. The fraction of sp³-hybridized carbons (Fsp3) is 0.357. The monoisotopic (exact) mass is 324 g/mol. The van der Waals surface area contributed by atoms with Crippen LogP contribution >= 0.6 is 15.9 Å². The van der Waals surface area contributed by atoms with Gasteiger partial charge in [0.05, 0.1) is 28.9 Å². The molecule has 19 heavy (non-hydrogen) atoms. The Kier molecular flexibility index (Phi) is 3.19. The highest BCUT2D eigenvalue weighted by atomic mass is 79.9. The number of hydrogen-bond donors (Lipinski definition) is 0. The van der Waals surface area contributed by atoms with Gasteiger partial charge in [-0.15, -0.1) is 0 Å². The van der Waals surface area contributed by atoms with E-state index in [1.54, 1.807) is 12.1 Å². The smallest absolute Gasteiger partial charge is 0.123 e. The van der Waals surface area contributed by atoms with E-state index in [2.05, 4.69) is 28.0 Å². The number of aromatic nitrogens is 2. The summed E-state index contributed by atoms with van der Waals surface area (Å²) < 4.78 is 21.6. The van der Waals surface area contributed by atoms with Crippen LogP contribution in [0.1, 0.15) is 25.6 Å². The molecule has 3 nitrogen and oxygen atoms in total. The minimum Gasteiger partial charge on any atom is -0.370 e. The molecule has 1 aromatic carbocycles. The second kappa shape index (κ2) is 4.72. The maximum absolute atomic E-state index is 13.0. The van der Waals surface area contributed by atoms with Gasteiger partial charge < -0.3 is 4.74 Å². The molecule has 1 aliphatic rings. The molecule has 2 atom stereocenters. The largest absolute Gasteiger partial charge is 0.370 e. The van der Waals surface area contributed by atoms with Crippen molar-refractivity contribution >= 4 is 15.9 Å². The number of halogens is 2. The SMILES string of the molecule is C[C@@H]1OCc2c(Br)c(-c3ccc(F)cc3)nn2[C@H]1C. The molecule has 1 aliphatic heterocycles. The van der Waals surface area contributed by atoms with E-state index in [4.69, 9.17) is 4.74 Å². The van der Waals surface area contributed by atoms with Crippen LogP contribution in [0.2, 0.25) is 0 Å². The van der Waals surface area contributed by atoms with Gasteiger partial charge in [0.1, 0.15) is 11.5 Å². The fourth-order valence-electron chi connectivity index (χ4n) is 2.26. The maximum Gasteiger partial charge on any atom is 0.123 e. The van der Waals surface area contributed by atoms with Crippen LogP contribution in [-0.2, 0) is 11.3 Å². The van der Waals surface area contributed by atoms with Crippen molar-refractivity contribution in [1.82, 2.24) is 9.78 Å². The van der Waals surface area contributed by atoms with Gasteiger partial charge in [0, 0.05) is 5.56 Å². The molecule has 0 N–H and O–H groups in total. The van der Waals surface area contributed by atoms with Crippen molar-refractivity contribution in [3.05, 3.63) is 40.2 Å². The van der Waals surface area contributed by atoms with Gasteiger partial charge in [0.15, 0.2) is 0 Å². The van der Waals surface area contributed by atoms with Crippen LogP contribution < -0.4 is 0 Å². The minimum atomic E-state index is -0.242. The first-order chi connectivity index (χ1) is 9.08. The molecule has 0 amide bonds. The molecule has 0 radical (unpaired) electrons. The first-order valence-electron chi connectivity index (χ1n) is 6.22. The highest BCUT2D eigenvalue weighted by molar-refractivity contribution is 9.10. The molecule has 0 bridgehead atoms. The number of fused-ring (bicyclic) bond motifs is 1. The molecule has 1 aromatic heterocycles. The van der Waals surface area contributed by atoms with Crippen LogP contribution in [0.4, 0.5) is 4.39 Å². The molecule has 0 aliphatic carbocycles. The summed E-state index contributed by atoms with van der Waals surface area (Å²) in [5.41, 5.74) is 2.76. The lowest BCUT2D eigenvalue weighted by atomic mass is 10.1. The standard InChI is InChI=1S/C14H14BrFN2O/c1-8-9(2)19-7-12-13(15)14(17-18(8)12)10-3-5-11(16)6-4-10/h3-6,8-9H,7H2,1-2H3/t8-,9-/m0/s1. The summed E-state index contributed by atoms with van der Waals surface area (Å²) in [6.07, 6.45) is 0.139. The van der Waals surface area contributed by atoms with Gasteiger partial charge in [-0.25, -0.2) is 4.39 Å². The first-order valence-corrected chi connectivity index (χ1v) is 7.01. The summed E-state index contributed by atoms with van der Waals surface area (Å²) in [5.74, 6) is -0.242. The van der Waals surface area contributed by atoms with Crippen LogP contribution in [0.15, 0.2) is 28.7 Å². The van der Waals surface area contributed by atoms with E-state index in [0.29, 0.717) is 6.61 Å². The van der Waals surface area contributed by atoms with Gasteiger partial charge in [-0.3, -0.25) is 4.68 Å². The summed E-state index contributed by atoms with van der Waals surface area (Å²) in [7, 11) is 0. The van der Waals surface area contributed by atoms with Crippen LogP contribution in [0.5, 0.6) is 0 Å². The quantitative estimate of drug-likeness (QED) is 0.794. The van der Waals surface area contributed by atoms with E-state index in [-0.39, 0.29) is 18.0 Å². The lowest BCUT2D eigenvalue weighted by Gasteiger charge is -2.28. The van der Waals surface area contributed by atoms with E-state index in [1.807, 2.05) is 11.6 Å². The fourth-order valence-corrected chi connectivity index (χ4v) is 2.86. The molecular weight excluding hydrogens is 311 g/mol. The van der Waals surface area contributed by atoms with Gasteiger partial charge in [-0.2, -0.15) is 5.10 Å². The number of hydrogen-bond acceptors (Lipinski definition) is 2. The topological polar surface area (TPSA) is 27.1 Å². The third-order valence-corrected chi connectivity index (χ3v) is 4.44. The molecule has 0 saturated carbocycles. The lowest BCUT2D eigenvalue weighted by molar-refractivity contribution is -0.0108. The molecule has 0 unspecified atom stereocenters. The summed E-state index contributed by atoms with van der Waals surface area (Å²) in [6, 6.07) is 6.56. The van der Waals surface area contributed by atoms with Crippen molar-refractivity contribution in [2.75, 3.05) is 0 Å². The normalized spacial score (nSPS) is 22.3. The number of rotatable bonds is 1. The summed E-state index contributed by atoms with van der Waals surface area (Å²) in [6.45, 7) is 4.67. The highest BCUT2D eigenvalue weighted by Crippen LogP contribution is 2.35. The molecular formula is C14H14BrFN2O. The predicted molar refractivity (Wildman–Crippen MR) is 74.3 cm³/mol. The van der Waals surface area contributed by atoms with Crippen molar-refractivity contribution in [1.29, 1.82) is 0 Å². The summed E-state index contributed by atoms with van der Waals surface area (Å²) >= 11 is 3.58. The van der Waals surface area contributed by atoms with Crippen molar-refractivity contribution in [3.63, 3.8) is 0 Å². The van der Waals surface area contributed by atoms with E-state index in [9.17, 15) is 4.39 Å². The predicted octanol–water partition coefficient (Wildman–Crippen LogP) is 3.93. The number of ether oxygens (including phenoxy) is 1. The second-order valence-electron chi connectivity index (χ2n) is 4.82. The number of benzene rings is 1. The van der Waals surface area contributed by atoms with Crippen molar-refractivity contribution in [2.45, 2.75) is 32.6 Å². The summed E-state index contributed by atoms with van der Waals surface area (Å²) in [5, 5.41) is 4.65. The van der Waals surface area contributed by atoms with Crippen molar-refractivity contribution < 1.29 is 9.13 Å². The van der Waals surface area contributed by atoms with E-state index < -0.39 is 0 Å². The Balaban J connectivity index is 2.09. The Morgan fingerprint density at radius 3 is 2.68 bits per heavy atom. The molecule has 0 fully saturated rings. The Morgan fingerprint density at radius 2 is 2.00 bits per heavy atom. The Morgan fingerprint density at radius 1 is 1.32 bits per heavy atom. The third kappa shape index (κ3) is 2.11. The van der Waals surface area contributed by atoms with Crippen LogP contribution in [0, 0.1) is 5.82 Å². The van der Waals surface area contributed by atoms with Gasteiger partial charge in [-0.05, 0) is 54.0 Å². The van der Waals surface area contributed by atoms with E-state index in [0.717, 1.165) is 21.4 Å². The van der Waals surface area contributed by atoms with Crippen molar-refractivity contribution in [3.8, 4) is 11.3 Å². The van der Waals surface area contributed by atoms with E-state index >= 15 is 0 Å². The number of nitrogens with zero attached hydrogens (tertiary/aromatic N) is 2. The summed E-state index contributed by atoms with van der Waals surface area (Å²) in [4.78, 5) is 0. The molecule has 100 valence electrons. The van der Waals surface area contributed by atoms with Crippen LogP contribution in [-0.4, -0.2) is 15.9 Å². The van der Waals surface area contributed by atoms with Crippen LogP contribution in [0.25, 0.3) is 11.3 Å². The van der Waals surface area contributed by atoms with Crippen molar-refractivity contribution in [2.24, 2.45) is 0 Å². The second-order valence-corrected chi connectivity index (χ2v) is 5.61. The molecule has 3 rings (SSSR count). The molecule has 5 heteroatoms. The van der Waals surface area contributed by atoms with E-state index in [1.165, 1.54) is 12.1 Å². The van der Waals surface area contributed by atoms with Gasteiger partial charge in [-0.1, -0.05) is 0 Å². The highest BCUT2D eigenvalue weighted by Gasteiger charge is 2.28. The average molecular weight is 325 g/mol. The Bertz CT molecular complexity index is 609. The van der Waals surface area contributed by atoms with Crippen LogP contribution in [0.3, 0.4) is 0 Å². The Hall–Kier alpha value is -1.20. The first kappa shape index (κ1) is 12.8. The zero-order valence-corrected chi connectivity index (χ0v) is 12.3. The molecule has 2 heterocycles. The molecule has 2 aromatic rings. The molecule has 0 spiro atoms. The maximum atomic E-state index is 13.0. The van der Waals surface area contributed by atoms with Gasteiger partial charge >= 0.3 is 0 Å². The zero-order valence-electron chi connectivity index (χ0n) is 10.7. The minimum absolute atomic E-state index is 0.139. The third-order valence-electron chi connectivity index (χ3n) is 3.61. The van der Waals surface area contributed by atoms with Gasteiger partial charge in [0.2, 0.25) is 0 Å².